The van der Waals surface area contributed by atoms with Crippen LogP contribution in [0.1, 0.15) is 23.2 Å². The normalized spacial score (nSPS) is 13.7. The average molecular weight is 428 g/mol. The number of halogens is 1. The molecule has 0 aliphatic carbocycles. The van der Waals surface area contributed by atoms with Crippen molar-refractivity contribution in [3.05, 3.63) is 59.4 Å². The molecular formula is C20H18ClN5O2S. The maximum absolute atomic E-state index is 12.8. The van der Waals surface area contributed by atoms with Crippen molar-refractivity contribution in [1.82, 2.24) is 14.8 Å². The number of nitrogens with zero attached hydrogens (tertiary/aromatic N) is 4. The van der Waals surface area contributed by atoms with Gasteiger partial charge in [0.2, 0.25) is 5.91 Å². The minimum absolute atomic E-state index is 0.117. The van der Waals surface area contributed by atoms with Crippen molar-refractivity contribution < 1.29 is 9.59 Å². The number of rotatable bonds is 5. The number of carbonyl (C=O) groups is 2. The standard InChI is InChI=1S/C20H18ClN5O2S/c1-25-12-22-24-20(25)29-17-9-6-14(21)11-16(17)23-19(28)13-4-7-15(8-5-13)26-10-2-3-18(26)27/h4-9,11-12H,2-3,10H2,1H3,(H,23,28). The van der Waals surface area contributed by atoms with E-state index in [1.165, 1.54) is 11.8 Å². The first-order valence-electron chi connectivity index (χ1n) is 9.04. The van der Waals surface area contributed by atoms with Crippen molar-refractivity contribution in [1.29, 1.82) is 0 Å². The highest BCUT2D eigenvalue weighted by Gasteiger charge is 2.22. The lowest BCUT2D eigenvalue weighted by Crippen LogP contribution is -2.23. The van der Waals surface area contributed by atoms with Crippen molar-refractivity contribution in [3.63, 3.8) is 0 Å². The Bertz CT molecular complexity index is 1070. The monoisotopic (exact) mass is 427 g/mol. The zero-order valence-corrected chi connectivity index (χ0v) is 17.2. The van der Waals surface area contributed by atoms with Crippen molar-refractivity contribution in [2.75, 3.05) is 16.8 Å². The van der Waals surface area contributed by atoms with E-state index in [0.717, 1.165) is 23.5 Å². The van der Waals surface area contributed by atoms with Gasteiger partial charge in [0.15, 0.2) is 5.16 Å². The summed E-state index contributed by atoms with van der Waals surface area (Å²) < 4.78 is 1.79. The minimum atomic E-state index is -0.258. The molecule has 1 aliphatic heterocycles. The van der Waals surface area contributed by atoms with E-state index in [2.05, 4.69) is 15.5 Å². The third-order valence-corrected chi connectivity index (χ3v) is 5.94. The van der Waals surface area contributed by atoms with Gasteiger partial charge < -0.3 is 14.8 Å². The summed E-state index contributed by atoms with van der Waals surface area (Å²) in [5.41, 5.74) is 1.90. The quantitative estimate of drug-likeness (QED) is 0.665. The molecule has 148 valence electrons. The van der Waals surface area contributed by atoms with Crippen molar-refractivity contribution in [2.24, 2.45) is 7.05 Å². The van der Waals surface area contributed by atoms with Gasteiger partial charge in [-0.25, -0.2) is 0 Å². The molecule has 0 radical (unpaired) electrons. The second-order valence-corrected chi connectivity index (χ2v) is 8.06. The van der Waals surface area contributed by atoms with Crippen LogP contribution in [0, 0.1) is 0 Å². The van der Waals surface area contributed by atoms with Gasteiger partial charge in [-0.1, -0.05) is 11.6 Å². The van der Waals surface area contributed by atoms with Crippen LogP contribution in [0.4, 0.5) is 11.4 Å². The van der Waals surface area contributed by atoms with Crippen LogP contribution in [0.3, 0.4) is 0 Å². The Morgan fingerprint density at radius 1 is 1.21 bits per heavy atom. The molecule has 3 aromatic rings. The topological polar surface area (TPSA) is 80.1 Å². The smallest absolute Gasteiger partial charge is 0.255 e. The third-order valence-electron chi connectivity index (χ3n) is 4.58. The van der Waals surface area contributed by atoms with Gasteiger partial charge >= 0.3 is 0 Å². The van der Waals surface area contributed by atoms with E-state index < -0.39 is 0 Å². The molecule has 1 aromatic heterocycles. The highest BCUT2D eigenvalue weighted by molar-refractivity contribution is 7.99. The number of hydrogen-bond donors (Lipinski definition) is 1. The van der Waals surface area contributed by atoms with Crippen LogP contribution in [-0.2, 0) is 11.8 Å². The molecule has 1 fully saturated rings. The highest BCUT2D eigenvalue weighted by atomic mass is 35.5. The summed E-state index contributed by atoms with van der Waals surface area (Å²) in [5, 5.41) is 12.1. The molecule has 0 atom stereocenters. The van der Waals surface area contributed by atoms with Crippen LogP contribution >= 0.6 is 23.4 Å². The van der Waals surface area contributed by atoms with Crippen molar-refractivity contribution in [3.8, 4) is 0 Å². The Balaban J connectivity index is 1.53. The number of nitrogens with one attached hydrogen (secondary N) is 1. The SMILES string of the molecule is Cn1cnnc1Sc1ccc(Cl)cc1NC(=O)c1ccc(N2CCCC2=O)cc1. The van der Waals surface area contributed by atoms with Gasteiger partial charge in [0.25, 0.3) is 5.91 Å². The Labute approximate surface area is 177 Å². The fourth-order valence-corrected chi connectivity index (χ4v) is 4.06. The van der Waals surface area contributed by atoms with E-state index in [0.29, 0.717) is 27.9 Å². The minimum Gasteiger partial charge on any atom is -0.321 e. The lowest BCUT2D eigenvalue weighted by molar-refractivity contribution is -0.117. The molecule has 1 N–H and O–H groups in total. The summed E-state index contributed by atoms with van der Waals surface area (Å²) in [6, 6.07) is 12.3. The fraction of sp³-hybridized carbons (Fsp3) is 0.200. The number of hydrogen-bond acceptors (Lipinski definition) is 5. The average Bonchev–Trinajstić information content (AvgIpc) is 3.32. The Morgan fingerprint density at radius 3 is 2.66 bits per heavy atom. The largest absolute Gasteiger partial charge is 0.321 e. The number of carbonyl (C=O) groups excluding carboxylic acids is 2. The van der Waals surface area contributed by atoms with Gasteiger partial charge in [0, 0.05) is 41.2 Å². The number of benzene rings is 2. The molecule has 9 heteroatoms. The summed E-state index contributed by atoms with van der Waals surface area (Å²) in [4.78, 5) is 27.2. The lowest BCUT2D eigenvalue weighted by Gasteiger charge is -2.16. The van der Waals surface area contributed by atoms with Gasteiger partial charge in [-0.3, -0.25) is 9.59 Å². The molecular weight excluding hydrogens is 410 g/mol. The molecule has 4 rings (SSSR count). The molecule has 0 spiro atoms. The first-order valence-corrected chi connectivity index (χ1v) is 10.2. The molecule has 1 saturated heterocycles. The maximum Gasteiger partial charge on any atom is 0.255 e. The van der Waals surface area contributed by atoms with Crippen LogP contribution < -0.4 is 10.2 Å². The van der Waals surface area contributed by atoms with Crippen molar-refractivity contribution in [2.45, 2.75) is 22.9 Å². The molecule has 0 saturated carbocycles. The second kappa shape index (κ2) is 8.26. The van der Waals surface area contributed by atoms with Crippen LogP contribution in [0.25, 0.3) is 0 Å². The summed E-state index contributed by atoms with van der Waals surface area (Å²) in [7, 11) is 1.85. The third kappa shape index (κ3) is 4.28. The highest BCUT2D eigenvalue weighted by Crippen LogP contribution is 2.34. The predicted octanol–water partition coefficient (Wildman–Crippen LogP) is 4.00. The second-order valence-electron chi connectivity index (χ2n) is 6.62. The molecule has 0 unspecified atom stereocenters. The Kier molecular flexibility index (Phi) is 5.55. The first-order chi connectivity index (χ1) is 14.0. The fourth-order valence-electron chi connectivity index (χ4n) is 3.06. The Morgan fingerprint density at radius 2 is 2.00 bits per heavy atom. The first kappa shape index (κ1) is 19.5. The summed E-state index contributed by atoms with van der Waals surface area (Å²) in [6.45, 7) is 0.718. The number of anilines is 2. The molecule has 7 nitrogen and oxygen atoms in total. The van der Waals surface area contributed by atoms with Gasteiger partial charge in [0.05, 0.1) is 5.69 Å². The van der Waals surface area contributed by atoms with Gasteiger partial charge in [-0.05, 0) is 60.6 Å². The van der Waals surface area contributed by atoms with E-state index >= 15 is 0 Å². The Hall–Kier alpha value is -2.84. The van der Waals surface area contributed by atoms with Crippen molar-refractivity contribution >= 4 is 46.6 Å². The summed E-state index contributed by atoms with van der Waals surface area (Å²) >= 11 is 7.52. The molecule has 1 aliphatic rings. The molecule has 2 heterocycles. The summed E-state index contributed by atoms with van der Waals surface area (Å²) in [6.07, 6.45) is 3.05. The van der Waals surface area contributed by atoms with Crippen LogP contribution in [0.5, 0.6) is 0 Å². The zero-order chi connectivity index (χ0) is 20.4. The van der Waals surface area contributed by atoms with E-state index in [1.54, 1.807) is 52.2 Å². The predicted molar refractivity (Wildman–Crippen MR) is 113 cm³/mol. The van der Waals surface area contributed by atoms with Crippen LogP contribution in [-0.4, -0.2) is 33.1 Å². The van der Waals surface area contributed by atoms with Gasteiger partial charge in [0.1, 0.15) is 6.33 Å². The number of aryl methyl sites for hydroxylation is 1. The van der Waals surface area contributed by atoms with Gasteiger partial charge in [-0.15, -0.1) is 10.2 Å². The van der Waals surface area contributed by atoms with Crippen LogP contribution in [0.2, 0.25) is 5.02 Å². The number of amides is 2. The van der Waals surface area contributed by atoms with Gasteiger partial charge in [-0.2, -0.15) is 0 Å². The molecule has 29 heavy (non-hydrogen) atoms. The van der Waals surface area contributed by atoms with E-state index in [9.17, 15) is 9.59 Å². The van der Waals surface area contributed by atoms with E-state index in [1.807, 2.05) is 13.1 Å². The maximum atomic E-state index is 12.8. The van der Waals surface area contributed by atoms with E-state index in [4.69, 9.17) is 11.6 Å². The lowest BCUT2D eigenvalue weighted by atomic mass is 10.1. The summed E-state index contributed by atoms with van der Waals surface area (Å²) in [5.74, 6) is -0.141. The van der Waals surface area contributed by atoms with Crippen LogP contribution in [0.15, 0.2) is 58.8 Å². The van der Waals surface area contributed by atoms with E-state index in [-0.39, 0.29) is 11.8 Å². The molecule has 2 amide bonds. The number of aromatic nitrogens is 3. The molecule has 2 aromatic carbocycles. The molecule has 0 bridgehead atoms. The zero-order valence-electron chi connectivity index (χ0n) is 15.6.